The minimum absolute atomic E-state index is 0.0319. The smallest absolute Gasteiger partial charge is 0.256 e. The van der Waals surface area contributed by atoms with Crippen LogP contribution in [-0.4, -0.2) is 52.9 Å². The number of likely N-dealkylation sites (tertiary alicyclic amines) is 1. The van der Waals surface area contributed by atoms with Crippen molar-refractivity contribution in [2.24, 2.45) is 0 Å². The van der Waals surface area contributed by atoms with Crippen molar-refractivity contribution in [1.82, 2.24) is 14.8 Å². The van der Waals surface area contributed by atoms with Gasteiger partial charge in [-0.2, -0.15) is 0 Å². The molecule has 0 unspecified atom stereocenters. The van der Waals surface area contributed by atoms with Gasteiger partial charge >= 0.3 is 0 Å². The van der Waals surface area contributed by atoms with E-state index >= 15 is 0 Å². The molecule has 5 heteroatoms. The molecule has 0 bridgehead atoms. The van der Waals surface area contributed by atoms with Crippen LogP contribution in [0.25, 0.3) is 0 Å². The van der Waals surface area contributed by atoms with Gasteiger partial charge in [0, 0.05) is 44.1 Å². The van der Waals surface area contributed by atoms with Crippen LogP contribution < -0.4 is 0 Å². The van der Waals surface area contributed by atoms with Crippen LogP contribution in [0.1, 0.15) is 42.7 Å². The maximum Gasteiger partial charge on any atom is 0.256 e. The van der Waals surface area contributed by atoms with Crippen LogP contribution in [-0.2, 0) is 0 Å². The van der Waals surface area contributed by atoms with E-state index < -0.39 is 0 Å². The molecule has 1 aliphatic heterocycles. The van der Waals surface area contributed by atoms with Gasteiger partial charge in [-0.25, -0.2) is 0 Å². The molecule has 1 fully saturated rings. The highest BCUT2D eigenvalue weighted by Crippen LogP contribution is 2.22. The lowest BCUT2D eigenvalue weighted by Crippen LogP contribution is -2.47. The van der Waals surface area contributed by atoms with Gasteiger partial charge in [-0.3, -0.25) is 9.78 Å². The molecule has 1 aromatic heterocycles. The Morgan fingerprint density at radius 2 is 2.05 bits per heavy atom. The standard InChI is InChI=1S/C16H24ClN3O/c1-11(2)20-7-5-13(6-8-20)19(4)16(21)14-10-18-12(3)9-15(14)17/h9-11,13H,5-8H2,1-4H3. The first-order valence-corrected chi connectivity index (χ1v) is 7.91. The molecule has 1 amide bonds. The van der Waals surface area contributed by atoms with E-state index in [1.807, 2.05) is 18.9 Å². The average Bonchev–Trinajstić information content (AvgIpc) is 2.46. The zero-order valence-corrected chi connectivity index (χ0v) is 14.0. The Morgan fingerprint density at radius 1 is 1.43 bits per heavy atom. The predicted molar refractivity (Wildman–Crippen MR) is 85.8 cm³/mol. The third kappa shape index (κ3) is 3.74. The van der Waals surface area contributed by atoms with Crippen LogP contribution in [0, 0.1) is 6.92 Å². The highest BCUT2D eigenvalue weighted by Gasteiger charge is 2.27. The van der Waals surface area contributed by atoms with Gasteiger partial charge in [0.05, 0.1) is 10.6 Å². The zero-order valence-electron chi connectivity index (χ0n) is 13.3. The van der Waals surface area contributed by atoms with E-state index in [4.69, 9.17) is 11.6 Å². The summed E-state index contributed by atoms with van der Waals surface area (Å²) in [6.45, 7) is 8.38. The number of aromatic nitrogens is 1. The van der Waals surface area contributed by atoms with E-state index in [1.165, 1.54) is 0 Å². The molecule has 2 heterocycles. The van der Waals surface area contributed by atoms with Crippen molar-refractivity contribution in [3.63, 3.8) is 0 Å². The Labute approximate surface area is 132 Å². The molecule has 1 aromatic rings. The number of pyridine rings is 1. The first kappa shape index (κ1) is 16.2. The van der Waals surface area contributed by atoms with E-state index in [2.05, 4.69) is 23.7 Å². The van der Waals surface area contributed by atoms with Crippen LogP contribution in [0.2, 0.25) is 5.02 Å². The summed E-state index contributed by atoms with van der Waals surface area (Å²) >= 11 is 6.18. The minimum atomic E-state index is -0.0319. The number of hydrogen-bond acceptors (Lipinski definition) is 3. The van der Waals surface area contributed by atoms with Gasteiger partial charge in [0.25, 0.3) is 5.91 Å². The van der Waals surface area contributed by atoms with Crippen LogP contribution in [0.5, 0.6) is 0 Å². The molecule has 4 nitrogen and oxygen atoms in total. The van der Waals surface area contributed by atoms with Crippen LogP contribution in [0.15, 0.2) is 12.3 Å². The van der Waals surface area contributed by atoms with E-state index in [9.17, 15) is 4.79 Å². The monoisotopic (exact) mass is 309 g/mol. The maximum absolute atomic E-state index is 12.6. The summed E-state index contributed by atoms with van der Waals surface area (Å²) in [5, 5.41) is 0.485. The lowest BCUT2D eigenvalue weighted by atomic mass is 10.0. The van der Waals surface area contributed by atoms with Crippen molar-refractivity contribution >= 4 is 17.5 Å². The molecule has 0 atom stereocenters. The fourth-order valence-corrected chi connectivity index (χ4v) is 3.12. The number of amides is 1. The lowest BCUT2D eigenvalue weighted by molar-refractivity contribution is 0.0615. The summed E-state index contributed by atoms with van der Waals surface area (Å²) in [6, 6.07) is 2.59. The molecule has 0 N–H and O–H groups in total. The molecule has 0 radical (unpaired) electrons. The van der Waals surface area contributed by atoms with E-state index in [-0.39, 0.29) is 11.9 Å². The average molecular weight is 310 g/mol. The molecule has 2 rings (SSSR count). The summed E-state index contributed by atoms with van der Waals surface area (Å²) in [5.41, 5.74) is 1.32. The van der Waals surface area contributed by atoms with Crippen molar-refractivity contribution in [1.29, 1.82) is 0 Å². The molecular weight excluding hydrogens is 286 g/mol. The Bertz CT molecular complexity index is 510. The Kier molecular flexibility index (Phi) is 5.22. The molecule has 0 aliphatic carbocycles. The van der Waals surface area contributed by atoms with Gasteiger partial charge in [-0.05, 0) is 39.7 Å². The number of nitrogens with zero attached hydrogens (tertiary/aromatic N) is 3. The van der Waals surface area contributed by atoms with E-state index in [1.54, 1.807) is 12.3 Å². The van der Waals surface area contributed by atoms with Crippen LogP contribution >= 0.6 is 11.6 Å². The largest absolute Gasteiger partial charge is 0.339 e. The highest BCUT2D eigenvalue weighted by molar-refractivity contribution is 6.33. The summed E-state index contributed by atoms with van der Waals surface area (Å²) in [7, 11) is 1.87. The second-order valence-corrected chi connectivity index (χ2v) is 6.49. The summed E-state index contributed by atoms with van der Waals surface area (Å²) in [5.74, 6) is -0.0319. The lowest BCUT2D eigenvalue weighted by Gasteiger charge is -2.38. The van der Waals surface area contributed by atoms with Gasteiger partial charge in [0.1, 0.15) is 0 Å². The number of halogens is 1. The first-order valence-electron chi connectivity index (χ1n) is 7.53. The molecular formula is C16H24ClN3O. The van der Waals surface area contributed by atoms with Gasteiger partial charge in [-0.1, -0.05) is 11.6 Å². The normalized spacial score (nSPS) is 17.2. The molecule has 116 valence electrons. The van der Waals surface area contributed by atoms with Gasteiger partial charge < -0.3 is 9.80 Å². The number of rotatable bonds is 3. The number of aryl methyl sites for hydroxylation is 1. The SMILES string of the molecule is Cc1cc(Cl)c(C(=O)N(C)C2CCN(C(C)C)CC2)cn1. The number of carbonyl (C=O) groups is 1. The van der Waals surface area contributed by atoms with E-state index in [0.29, 0.717) is 16.6 Å². The molecule has 1 saturated heterocycles. The maximum atomic E-state index is 12.6. The van der Waals surface area contributed by atoms with Crippen molar-refractivity contribution in [2.75, 3.05) is 20.1 Å². The number of hydrogen-bond donors (Lipinski definition) is 0. The van der Waals surface area contributed by atoms with Gasteiger partial charge in [0.2, 0.25) is 0 Å². The van der Waals surface area contributed by atoms with Gasteiger partial charge in [0.15, 0.2) is 0 Å². The Morgan fingerprint density at radius 3 is 2.57 bits per heavy atom. The van der Waals surface area contributed by atoms with Crippen LogP contribution in [0.3, 0.4) is 0 Å². The van der Waals surface area contributed by atoms with Crippen molar-refractivity contribution in [2.45, 2.75) is 45.7 Å². The Hall–Kier alpha value is -1.13. The first-order chi connectivity index (χ1) is 9.90. The fraction of sp³-hybridized carbons (Fsp3) is 0.625. The predicted octanol–water partition coefficient (Wildman–Crippen LogP) is 2.99. The molecule has 0 spiro atoms. The summed E-state index contributed by atoms with van der Waals surface area (Å²) < 4.78 is 0. The summed E-state index contributed by atoms with van der Waals surface area (Å²) in [4.78, 5) is 21.0. The third-order valence-electron chi connectivity index (χ3n) is 4.32. The van der Waals surface area contributed by atoms with E-state index in [0.717, 1.165) is 31.6 Å². The molecule has 21 heavy (non-hydrogen) atoms. The minimum Gasteiger partial charge on any atom is -0.339 e. The fourth-order valence-electron chi connectivity index (χ4n) is 2.83. The molecule has 1 aliphatic rings. The number of piperidine rings is 1. The third-order valence-corrected chi connectivity index (χ3v) is 4.63. The topological polar surface area (TPSA) is 36.4 Å². The second kappa shape index (κ2) is 6.75. The van der Waals surface area contributed by atoms with Crippen LogP contribution in [0.4, 0.5) is 0 Å². The van der Waals surface area contributed by atoms with Crippen molar-refractivity contribution < 1.29 is 4.79 Å². The van der Waals surface area contributed by atoms with Gasteiger partial charge in [-0.15, -0.1) is 0 Å². The number of carbonyl (C=O) groups excluding carboxylic acids is 1. The molecule has 0 saturated carbocycles. The quantitative estimate of drug-likeness (QED) is 0.861. The molecule has 0 aromatic carbocycles. The highest BCUT2D eigenvalue weighted by atomic mass is 35.5. The van der Waals surface area contributed by atoms with Crippen molar-refractivity contribution in [3.8, 4) is 0 Å². The Balaban J connectivity index is 2.03. The second-order valence-electron chi connectivity index (χ2n) is 6.08. The summed E-state index contributed by atoms with van der Waals surface area (Å²) in [6.07, 6.45) is 3.61. The zero-order chi connectivity index (χ0) is 15.6. The van der Waals surface area contributed by atoms with Crippen molar-refractivity contribution in [3.05, 3.63) is 28.5 Å².